The topological polar surface area (TPSA) is 95.9 Å². The van der Waals surface area contributed by atoms with Crippen LogP contribution in [0.1, 0.15) is 32.3 Å². The number of nitrogens with one attached hydrogen (secondary N) is 1. The molecule has 7 nitrogen and oxygen atoms in total. The number of carboxylic acids is 1. The Kier molecular flexibility index (Phi) is 5.43. The fraction of sp³-hybridized carbons (Fsp3) is 0.471. The molecule has 2 unspecified atom stereocenters. The first-order valence-electron chi connectivity index (χ1n) is 7.98. The molecule has 0 aliphatic carbocycles. The van der Waals surface area contributed by atoms with Gasteiger partial charge in [-0.2, -0.15) is 0 Å². The third kappa shape index (κ3) is 3.67. The van der Waals surface area contributed by atoms with E-state index in [1.54, 1.807) is 19.1 Å². The summed E-state index contributed by atoms with van der Waals surface area (Å²) in [5.74, 6) is -1.36. The van der Waals surface area contributed by atoms with Crippen molar-refractivity contribution in [1.29, 1.82) is 0 Å². The van der Waals surface area contributed by atoms with Crippen LogP contribution in [0.3, 0.4) is 0 Å². The smallest absolute Gasteiger partial charge is 0.326 e. The van der Waals surface area contributed by atoms with E-state index >= 15 is 0 Å². The Morgan fingerprint density at radius 2 is 2.08 bits per heavy atom. The van der Waals surface area contributed by atoms with Crippen LogP contribution in [0.25, 0.3) is 0 Å². The first-order valence-corrected chi connectivity index (χ1v) is 7.98. The van der Waals surface area contributed by atoms with Crippen LogP contribution in [0.2, 0.25) is 0 Å². The summed E-state index contributed by atoms with van der Waals surface area (Å²) in [4.78, 5) is 37.2. The lowest BCUT2D eigenvalue weighted by atomic mass is 10.1. The fourth-order valence-corrected chi connectivity index (χ4v) is 2.58. The van der Waals surface area contributed by atoms with Gasteiger partial charge in [0.2, 0.25) is 5.91 Å². The predicted molar refractivity (Wildman–Crippen MR) is 88.1 cm³/mol. The average Bonchev–Trinajstić information content (AvgIpc) is 2.55. The lowest BCUT2D eigenvalue weighted by Crippen LogP contribution is -2.51. The van der Waals surface area contributed by atoms with Gasteiger partial charge in [0.05, 0.1) is 5.69 Å². The molecule has 2 N–H and O–H groups in total. The number of hydrogen-bond acceptors (Lipinski definition) is 4. The summed E-state index contributed by atoms with van der Waals surface area (Å²) in [5.41, 5.74) is 1.46. The summed E-state index contributed by atoms with van der Waals surface area (Å²) < 4.78 is 5.68. The van der Waals surface area contributed by atoms with E-state index in [0.29, 0.717) is 17.9 Å². The third-order valence-electron chi connectivity index (χ3n) is 3.93. The fourth-order valence-electron chi connectivity index (χ4n) is 2.58. The number of carboxylic acid groups (broad SMARTS) is 1. The number of amides is 2. The van der Waals surface area contributed by atoms with Crippen molar-refractivity contribution >= 4 is 23.5 Å². The number of nitrogens with zero attached hydrogens (tertiary/aromatic N) is 1. The number of hydrogen-bond donors (Lipinski definition) is 2. The quantitative estimate of drug-likeness (QED) is 0.821. The maximum Gasteiger partial charge on any atom is 0.326 e. The summed E-state index contributed by atoms with van der Waals surface area (Å²) in [6.45, 7) is 5.15. The number of rotatable bonds is 6. The SMILES string of the molecule is CCC(NC(=O)CN1C(=O)C(CC)Oc2ccc(C)cc21)C(=O)O. The first kappa shape index (κ1) is 17.8. The molecule has 1 heterocycles. The van der Waals surface area contributed by atoms with Crippen LogP contribution in [0.15, 0.2) is 18.2 Å². The zero-order chi connectivity index (χ0) is 17.9. The number of carbonyl (C=O) groups excluding carboxylic acids is 2. The van der Waals surface area contributed by atoms with Crippen molar-refractivity contribution in [3.63, 3.8) is 0 Å². The first-order chi connectivity index (χ1) is 11.4. The highest BCUT2D eigenvalue weighted by Crippen LogP contribution is 2.35. The van der Waals surface area contributed by atoms with Gasteiger partial charge in [-0.05, 0) is 37.5 Å². The van der Waals surface area contributed by atoms with Gasteiger partial charge in [0.25, 0.3) is 5.91 Å². The molecule has 1 aliphatic heterocycles. The van der Waals surface area contributed by atoms with Crippen molar-refractivity contribution in [1.82, 2.24) is 5.32 Å². The van der Waals surface area contributed by atoms with E-state index in [9.17, 15) is 14.4 Å². The van der Waals surface area contributed by atoms with E-state index in [4.69, 9.17) is 9.84 Å². The molecule has 0 saturated carbocycles. The number of aryl methyl sites for hydroxylation is 1. The van der Waals surface area contributed by atoms with Crippen molar-refractivity contribution in [2.45, 2.75) is 45.8 Å². The molecule has 0 radical (unpaired) electrons. The van der Waals surface area contributed by atoms with E-state index in [-0.39, 0.29) is 18.9 Å². The van der Waals surface area contributed by atoms with Crippen LogP contribution in [-0.2, 0) is 14.4 Å². The molecule has 1 aromatic rings. The zero-order valence-electron chi connectivity index (χ0n) is 14.0. The molecule has 2 amide bonds. The van der Waals surface area contributed by atoms with Gasteiger partial charge in [-0.25, -0.2) is 4.79 Å². The minimum atomic E-state index is -1.10. The Balaban J connectivity index is 2.24. The minimum Gasteiger partial charge on any atom is -0.480 e. The molecule has 2 rings (SSSR count). The monoisotopic (exact) mass is 334 g/mol. The third-order valence-corrected chi connectivity index (χ3v) is 3.93. The van der Waals surface area contributed by atoms with Gasteiger partial charge in [0.15, 0.2) is 6.10 Å². The van der Waals surface area contributed by atoms with Crippen molar-refractivity contribution in [2.24, 2.45) is 0 Å². The van der Waals surface area contributed by atoms with Gasteiger partial charge in [0.1, 0.15) is 18.3 Å². The molecule has 24 heavy (non-hydrogen) atoms. The van der Waals surface area contributed by atoms with Crippen LogP contribution in [-0.4, -0.2) is 41.6 Å². The standard InChI is InChI=1S/C17H22N2O5/c1-4-11(17(22)23)18-15(20)9-19-12-8-10(3)6-7-14(12)24-13(5-2)16(19)21/h6-8,11,13H,4-5,9H2,1-3H3,(H,18,20)(H,22,23). The highest BCUT2D eigenvalue weighted by Gasteiger charge is 2.34. The second-order valence-corrected chi connectivity index (χ2v) is 5.78. The number of anilines is 1. The van der Waals surface area contributed by atoms with Crippen molar-refractivity contribution in [2.75, 3.05) is 11.4 Å². The Morgan fingerprint density at radius 1 is 1.38 bits per heavy atom. The summed E-state index contributed by atoms with van der Waals surface area (Å²) in [5, 5.41) is 11.5. The number of benzene rings is 1. The summed E-state index contributed by atoms with van der Waals surface area (Å²) in [6, 6.07) is 4.46. The van der Waals surface area contributed by atoms with Crippen LogP contribution in [0.4, 0.5) is 5.69 Å². The molecule has 2 atom stereocenters. The van der Waals surface area contributed by atoms with Crippen LogP contribution >= 0.6 is 0 Å². The van der Waals surface area contributed by atoms with E-state index in [0.717, 1.165) is 5.56 Å². The minimum absolute atomic E-state index is 0.237. The summed E-state index contributed by atoms with van der Waals surface area (Å²) in [7, 11) is 0. The average molecular weight is 334 g/mol. The lowest BCUT2D eigenvalue weighted by molar-refractivity contribution is -0.141. The second-order valence-electron chi connectivity index (χ2n) is 5.78. The van der Waals surface area contributed by atoms with E-state index in [1.165, 1.54) is 4.90 Å². The summed E-state index contributed by atoms with van der Waals surface area (Å²) >= 11 is 0. The van der Waals surface area contributed by atoms with E-state index in [1.807, 2.05) is 19.9 Å². The van der Waals surface area contributed by atoms with Crippen molar-refractivity contribution in [3.8, 4) is 5.75 Å². The number of fused-ring (bicyclic) bond motifs is 1. The van der Waals surface area contributed by atoms with Crippen LogP contribution in [0.5, 0.6) is 5.75 Å². The molecule has 1 aromatic carbocycles. The van der Waals surface area contributed by atoms with Gasteiger partial charge in [-0.3, -0.25) is 14.5 Å². The molecule has 0 saturated heterocycles. The predicted octanol–water partition coefficient (Wildman–Crippen LogP) is 1.48. The molecular weight excluding hydrogens is 312 g/mol. The molecule has 0 bridgehead atoms. The second kappa shape index (κ2) is 7.33. The lowest BCUT2D eigenvalue weighted by Gasteiger charge is -2.34. The molecule has 0 fully saturated rings. The van der Waals surface area contributed by atoms with Crippen molar-refractivity contribution in [3.05, 3.63) is 23.8 Å². The largest absolute Gasteiger partial charge is 0.480 e. The zero-order valence-corrected chi connectivity index (χ0v) is 14.0. The molecule has 1 aliphatic rings. The van der Waals surface area contributed by atoms with E-state index in [2.05, 4.69) is 5.32 Å². The maximum atomic E-state index is 12.6. The number of carbonyl (C=O) groups is 3. The normalized spacial score (nSPS) is 17.7. The Labute approximate surface area is 140 Å². The van der Waals surface area contributed by atoms with Gasteiger partial charge >= 0.3 is 5.97 Å². The Hall–Kier alpha value is -2.57. The molecule has 0 aromatic heterocycles. The number of ether oxygens (including phenoxy) is 1. The Bertz CT molecular complexity index is 658. The Morgan fingerprint density at radius 3 is 2.67 bits per heavy atom. The molecule has 130 valence electrons. The number of aliphatic carboxylic acids is 1. The summed E-state index contributed by atoms with van der Waals surface area (Å²) in [6.07, 6.45) is 0.108. The van der Waals surface area contributed by atoms with Crippen molar-refractivity contribution < 1.29 is 24.2 Å². The highest BCUT2D eigenvalue weighted by molar-refractivity contribution is 6.04. The van der Waals surface area contributed by atoms with Gasteiger partial charge in [-0.1, -0.05) is 19.9 Å². The van der Waals surface area contributed by atoms with Crippen LogP contribution in [0, 0.1) is 6.92 Å². The van der Waals surface area contributed by atoms with Gasteiger partial charge in [0, 0.05) is 0 Å². The highest BCUT2D eigenvalue weighted by atomic mass is 16.5. The van der Waals surface area contributed by atoms with E-state index < -0.39 is 24.0 Å². The van der Waals surface area contributed by atoms with Crippen LogP contribution < -0.4 is 15.0 Å². The molecular formula is C17H22N2O5. The molecule has 7 heteroatoms. The van der Waals surface area contributed by atoms with Gasteiger partial charge in [-0.15, -0.1) is 0 Å². The van der Waals surface area contributed by atoms with Gasteiger partial charge < -0.3 is 15.2 Å². The maximum absolute atomic E-state index is 12.6. The molecule has 0 spiro atoms.